The van der Waals surface area contributed by atoms with Crippen molar-refractivity contribution in [2.45, 2.75) is 12.3 Å². The molecule has 0 bridgehead atoms. The molecule has 3 heterocycles. The van der Waals surface area contributed by atoms with Gasteiger partial charge in [0, 0.05) is 36.1 Å². The molecule has 0 radical (unpaired) electrons. The van der Waals surface area contributed by atoms with Crippen LogP contribution in [-0.2, 0) is 14.3 Å². The van der Waals surface area contributed by atoms with Gasteiger partial charge in [0.2, 0.25) is 30.2 Å². The number of methoxy groups -OCH3 is 4. The van der Waals surface area contributed by atoms with Gasteiger partial charge in [0.15, 0.2) is 23.0 Å². The number of nitrogens with zero attached hydrogens (tertiary/aromatic N) is 3. The van der Waals surface area contributed by atoms with Gasteiger partial charge in [-0.15, -0.1) is 4.73 Å². The second-order valence-corrected chi connectivity index (χ2v) is 12.6. The fourth-order valence-electron chi connectivity index (χ4n) is 7.10. The lowest BCUT2D eigenvalue weighted by Gasteiger charge is -2.38. The molecule has 16 heteroatoms. The molecule has 3 N–H and O–H groups in total. The number of aromatic nitrogens is 1. The van der Waals surface area contributed by atoms with Crippen molar-refractivity contribution < 1.29 is 57.8 Å². The van der Waals surface area contributed by atoms with Crippen LogP contribution < -0.4 is 43.6 Å². The van der Waals surface area contributed by atoms with E-state index < -0.39 is 29.6 Å². The van der Waals surface area contributed by atoms with Crippen molar-refractivity contribution in [3.63, 3.8) is 0 Å². The number of anilines is 1. The van der Waals surface area contributed by atoms with E-state index in [4.69, 9.17) is 43.1 Å². The topological polar surface area (TPSA) is 181 Å². The quantitative estimate of drug-likeness (QED) is 0.160. The van der Waals surface area contributed by atoms with Gasteiger partial charge in [-0.1, -0.05) is 0 Å². The molecule has 54 heavy (non-hydrogen) atoms. The van der Waals surface area contributed by atoms with Gasteiger partial charge in [0.05, 0.1) is 71.9 Å². The minimum absolute atomic E-state index is 0.0220. The van der Waals surface area contributed by atoms with E-state index in [9.17, 15) is 19.8 Å². The molecule has 16 nitrogen and oxygen atoms in total. The van der Waals surface area contributed by atoms with Gasteiger partial charge in [-0.3, -0.25) is 9.80 Å². The highest BCUT2D eigenvalue weighted by atomic mass is 16.7. The first-order valence-corrected chi connectivity index (χ1v) is 17.1. The molecule has 1 amide bonds. The fraction of sp³-hybridized carbons (Fsp3) is 0.342. The van der Waals surface area contributed by atoms with Crippen molar-refractivity contribution >= 4 is 23.3 Å². The van der Waals surface area contributed by atoms with Crippen LogP contribution in [0.1, 0.15) is 29.0 Å². The number of fused-ring (bicyclic) bond motifs is 4. The van der Waals surface area contributed by atoms with Gasteiger partial charge in [0.25, 0.3) is 0 Å². The van der Waals surface area contributed by atoms with Gasteiger partial charge in [-0.25, -0.2) is 4.79 Å². The molecule has 4 aromatic rings. The van der Waals surface area contributed by atoms with E-state index in [0.29, 0.717) is 45.8 Å². The molecule has 3 aliphatic rings. The standard InChI is InChI=1S/C38H40N4O12/c1-47-23-7-5-22(6-8-23)41-19-26-35(38(46)39-12-14-51-13-11-33(45)54-42-31(43)9-10-32(42)44)34(21-15-29(48-2)37(50-4)30(16-21)49-3)24-17-27-28(53-20-52-27)18-25(24)36(26)40-41/h5-10,15-18,26,34-35,43-44H,11-14,19-20H2,1-4H3,(H,39,46)/t26-,34+,35-/m0/s1. The number of hydrazone groups is 1. The molecule has 7 rings (SSSR count). The van der Waals surface area contributed by atoms with E-state index in [1.54, 1.807) is 21.3 Å². The first-order chi connectivity index (χ1) is 26.2. The maximum atomic E-state index is 14.6. The van der Waals surface area contributed by atoms with Gasteiger partial charge < -0.3 is 53.5 Å². The number of rotatable bonds is 14. The molecule has 2 aliphatic heterocycles. The molecule has 1 aromatic heterocycles. The third-order valence-corrected chi connectivity index (χ3v) is 9.60. The predicted molar refractivity (Wildman–Crippen MR) is 192 cm³/mol. The molecule has 3 atom stereocenters. The lowest BCUT2D eigenvalue weighted by Crippen LogP contribution is -2.46. The van der Waals surface area contributed by atoms with Crippen LogP contribution in [0.15, 0.2) is 65.8 Å². The minimum atomic E-state index is -0.731. The average molecular weight is 745 g/mol. The van der Waals surface area contributed by atoms with Gasteiger partial charge >= 0.3 is 5.97 Å². The van der Waals surface area contributed by atoms with E-state index in [0.717, 1.165) is 28.1 Å². The van der Waals surface area contributed by atoms with E-state index >= 15 is 0 Å². The second kappa shape index (κ2) is 15.4. The molecule has 0 saturated heterocycles. The summed E-state index contributed by atoms with van der Waals surface area (Å²) in [4.78, 5) is 31.8. The number of benzene rings is 3. The fourth-order valence-corrected chi connectivity index (χ4v) is 7.10. The smallest absolute Gasteiger partial charge is 0.335 e. The number of carbonyl (C=O) groups is 2. The summed E-state index contributed by atoms with van der Waals surface area (Å²) in [6, 6.07) is 17.5. The predicted octanol–water partition coefficient (Wildman–Crippen LogP) is 3.44. The zero-order valence-electron chi connectivity index (χ0n) is 30.1. The number of hydrogen-bond acceptors (Lipinski definition) is 14. The first kappa shape index (κ1) is 36.1. The number of carbonyl (C=O) groups excluding carboxylic acids is 2. The number of aromatic hydroxyl groups is 2. The number of amides is 1. The van der Waals surface area contributed by atoms with Crippen LogP contribution >= 0.6 is 0 Å². The summed E-state index contributed by atoms with van der Waals surface area (Å²) < 4.78 is 40.3. The SMILES string of the molecule is COc1ccc(N2C[C@@H]3C(=N2)c2cc4c(cc2[C@@H](c2cc(OC)c(OC)c(OC)c2)[C@H]3C(=O)NCCOCCC(=O)On2c(O)ccc2O)OCO4)cc1. The molecular weight excluding hydrogens is 704 g/mol. The number of ether oxygens (including phenoxy) is 7. The molecule has 0 saturated carbocycles. The summed E-state index contributed by atoms with van der Waals surface area (Å²) in [5.74, 6) is -0.251. The van der Waals surface area contributed by atoms with E-state index in [1.165, 1.54) is 19.2 Å². The summed E-state index contributed by atoms with van der Waals surface area (Å²) in [7, 11) is 6.22. The average Bonchev–Trinajstić information content (AvgIpc) is 3.93. The number of nitrogens with one attached hydrogen (secondary N) is 1. The maximum Gasteiger partial charge on any atom is 0.335 e. The summed E-state index contributed by atoms with van der Waals surface area (Å²) in [6.07, 6.45) is -0.160. The highest BCUT2D eigenvalue weighted by Crippen LogP contribution is 2.52. The molecule has 3 aromatic carbocycles. The van der Waals surface area contributed by atoms with Crippen LogP contribution in [0.25, 0.3) is 0 Å². The Morgan fingerprint density at radius 2 is 1.56 bits per heavy atom. The lowest BCUT2D eigenvalue weighted by molar-refractivity contribution is -0.146. The Kier molecular flexibility index (Phi) is 10.3. The van der Waals surface area contributed by atoms with E-state index in [2.05, 4.69) is 5.32 Å². The molecule has 0 unspecified atom stereocenters. The highest BCUT2D eigenvalue weighted by Gasteiger charge is 2.49. The summed E-state index contributed by atoms with van der Waals surface area (Å²) >= 11 is 0. The molecule has 284 valence electrons. The van der Waals surface area contributed by atoms with Gasteiger partial charge in [0.1, 0.15) is 5.75 Å². The Bertz CT molecular complexity index is 2020. The Morgan fingerprint density at radius 1 is 0.870 bits per heavy atom. The molecular formula is C38H40N4O12. The van der Waals surface area contributed by atoms with Crippen LogP contribution in [0.2, 0.25) is 0 Å². The van der Waals surface area contributed by atoms with Crippen LogP contribution in [0, 0.1) is 11.8 Å². The van der Waals surface area contributed by atoms with Crippen molar-refractivity contribution in [3.8, 4) is 46.3 Å². The lowest BCUT2D eigenvalue weighted by atomic mass is 9.65. The van der Waals surface area contributed by atoms with Crippen LogP contribution in [0.4, 0.5) is 5.69 Å². The molecule has 1 aliphatic carbocycles. The Balaban J connectivity index is 1.18. The zero-order chi connectivity index (χ0) is 37.9. The number of hydrogen-bond donors (Lipinski definition) is 3. The third kappa shape index (κ3) is 6.82. The van der Waals surface area contributed by atoms with E-state index in [-0.39, 0.29) is 44.8 Å². The van der Waals surface area contributed by atoms with Gasteiger partial charge in [-0.05, 0) is 59.7 Å². The first-order valence-electron chi connectivity index (χ1n) is 17.1. The molecule has 0 fully saturated rings. The van der Waals surface area contributed by atoms with Crippen LogP contribution in [-0.4, -0.2) is 94.1 Å². The maximum absolute atomic E-state index is 14.6. The summed E-state index contributed by atoms with van der Waals surface area (Å²) in [6.45, 7) is 0.686. The largest absolute Gasteiger partial charge is 0.497 e. The molecule has 0 spiro atoms. The Morgan fingerprint density at radius 3 is 2.20 bits per heavy atom. The van der Waals surface area contributed by atoms with Crippen molar-refractivity contribution in [1.82, 2.24) is 10.0 Å². The summed E-state index contributed by atoms with van der Waals surface area (Å²) in [5.41, 5.74) is 3.96. The minimum Gasteiger partial charge on any atom is -0.497 e. The van der Waals surface area contributed by atoms with Crippen molar-refractivity contribution in [3.05, 3.63) is 77.4 Å². The van der Waals surface area contributed by atoms with E-state index in [1.807, 2.05) is 53.5 Å². The van der Waals surface area contributed by atoms with Crippen LogP contribution in [0.3, 0.4) is 0 Å². The third-order valence-electron chi connectivity index (χ3n) is 9.60. The van der Waals surface area contributed by atoms with Crippen molar-refractivity contribution in [2.24, 2.45) is 16.9 Å². The highest BCUT2D eigenvalue weighted by molar-refractivity contribution is 6.10. The van der Waals surface area contributed by atoms with Crippen molar-refractivity contribution in [1.29, 1.82) is 0 Å². The van der Waals surface area contributed by atoms with Gasteiger partial charge in [-0.2, -0.15) is 5.10 Å². The zero-order valence-corrected chi connectivity index (χ0v) is 30.1. The normalized spacial score (nSPS) is 18.0. The van der Waals surface area contributed by atoms with Crippen LogP contribution in [0.5, 0.6) is 46.3 Å². The second-order valence-electron chi connectivity index (χ2n) is 12.6. The van der Waals surface area contributed by atoms with Crippen molar-refractivity contribution in [2.75, 3.05) is 66.5 Å². The Labute approximate surface area is 310 Å². The monoisotopic (exact) mass is 744 g/mol. The summed E-state index contributed by atoms with van der Waals surface area (Å²) in [5, 5.41) is 29.4. The Hall–Kier alpha value is -6.29.